The van der Waals surface area contributed by atoms with Crippen LogP contribution in [0, 0.1) is 11.8 Å². The van der Waals surface area contributed by atoms with Crippen molar-refractivity contribution in [2.45, 2.75) is 12.6 Å². The number of nitrogens with one attached hydrogen (secondary N) is 1. The van der Waals surface area contributed by atoms with Gasteiger partial charge in [-0.05, 0) is 17.7 Å². The number of carbonyl (C=O) groups excluding carboxylic acids is 1. The van der Waals surface area contributed by atoms with E-state index in [0.717, 1.165) is 11.1 Å². The molecule has 1 aromatic carbocycles. The van der Waals surface area contributed by atoms with Gasteiger partial charge in [0.2, 0.25) is 0 Å². The van der Waals surface area contributed by atoms with Gasteiger partial charge in [-0.2, -0.15) is 0 Å². The first-order valence-corrected chi connectivity index (χ1v) is 6.54. The van der Waals surface area contributed by atoms with E-state index in [1.165, 1.54) is 0 Å². The Kier molecular flexibility index (Phi) is 5.56. The summed E-state index contributed by atoms with van der Waals surface area (Å²) >= 11 is 0. The first kappa shape index (κ1) is 14.5. The fourth-order valence-corrected chi connectivity index (χ4v) is 1.85. The fourth-order valence-electron chi connectivity index (χ4n) is 1.85. The van der Waals surface area contributed by atoms with E-state index in [2.05, 4.69) is 17.2 Å². The zero-order valence-electron chi connectivity index (χ0n) is 11.2. The maximum Gasteiger partial charge on any atom is 0.251 e. The Bertz CT molecular complexity index is 513. The van der Waals surface area contributed by atoms with Crippen LogP contribution in [0.3, 0.4) is 0 Å². The zero-order chi connectivity index (χ0) is 14.2. The van der Waals surface area contributed by atoms with Gasteiger partial charge in [0, 0.05) is 12.1 Å². The van der Waals surface area contributed by atoms with Crippen LogP contribution in [0.25, 0.3) is 0 Å². The second-order valence-electron chi connectivity index (χ2n) is 4.36. The van der Waals surface area contributed by atoms with E-state index >= 15 is 0 Å². The van der Waals surface area contributed by atoms with Crippen molar-refractivity contribution in [1.29, 1.82) is 0 Å². The average molecular weight is 274 g/mol. The van der Waals surface area contributed by atoms with Gasteiger partial charge in [0.1, 0.15) is 0 Å². The topological polar surface area (TPSA) is 73.6 Å². The van der Waals surface area contributed by atoms with Crippen molar-refractivity contribution in [2.75, 3.05) is 26.4 Å². The molecular weight excluding hydrogens is 256 g/mol. The minimum Gasteiger partial charge on any atom is -0.376 e. The van der Waals surface area contributed by atoms with Crippen molar-refractivity contribution in [2.24, 2.45) is 5.73 Å². The lowest BCUT2D eigenvalue weighted by molar-refractivity contribution is -0.147. The maximum absolute atomic E-state index is 11.9. The Labute approximate surface area is 118 Å². The van der Waals surface area contributed by atoms with E-state index in [1.54, 1.807) is 0 Å². The van der Waals surface area contributed by atoms with Crippen LogP contribution < -0.4 is 11.1 Å². The molecule has 0 aliphatic carbocycles. The van der Waals surface area contributed by atoms with Crippen LogP contribution in [0.4, 0.5) is 0 Å². The molecule has 1 atom stereocenters. The van der Waals surface area contributed by atoms with Crippen molar-refractivity contribution >= 4 is 5.91 Å². The van der Waals surface area contributed by atoms with Crippen molar-refractivity contribution in [3.63, 3.8) is 0 Å². The Morgan fingerprint density at radius 2 is 2.35 bits per heavy atom. The van der Waals surface area contributed by atoms with Crippen molar-refractivity contribution in [1.82, 2.24) is 5.32 Å². The average Bonchev–Trinajstić information content (AvgIpc) is 2.52. The molecule has 0 spiro atoms. The van der Waals surface area contributed by atoms with Crippen LogP contribution in [0.5, 0.6) is 0 Å². The molecule has 0 aromatic heterocycles. The van der Waals surface area contributed by atoms with Crippen LogP contribution in [0.1, 0.15) is 11.1 Å². The monoisotopic (exact) mass is 274 g/mol. The second kappa shape index (κ2) is 7.65. The number of hydrogen-bond acceptors (Lipinski definition) is 4. The number of carbonyl (C=O) groups is 1. The molecule has 1 aliphatic rings. The molecule has 5 nitrogen and oxygen atoms in total. The molecule has 3 N–H and O–H groups in total. The first-order valence-electron chi connectivity index (χ1n) is 6.54. The quantitative estimate of drug-likeness (QED) is 0.763. The van der Waals surface area contributed by atoms with Gasteiger partial charge >= 0.3 is 0 Å². The third-order valence-electron chi connectivity index (χ3n) is 2.84. The number of hydrogen-bond donors (Lipinski definition) is 2. The number of rotatable bonds is 3. The van der Waals surface area contributed by atoms with E-state index in [-0.39, 0.29) is 5.91 Å². The zero-order valence-corrected chi connectivity index (χ0v) is 11.2. The Balaban J connectivity index is 1.88. The molecule has 2 rings (SSSR count). The summed E-state index contributed by atoms with van der Waals surface area (Å²) < 4.78 is 10.5. The van der Waals surface area contributed by atoms with Gasteiger partial charge in [0.05, 0.1) is 26.4 Å². The molecule has 1 amide bonds. The predicted octanol–water partition coefficient (Wildman–Crippen LogP) is 0.0284. The van der Waals surface area contributed by atoms with E-state index in [1.807, 2.05) is 24.3 Å². The minimum absolute atomic E-state index is 0.150. The number of ether oxygens (including phenoxy) is 2. The highest BCUT2D eigenvalue weighted by Crippen LogP contribution is 2.05. The molecule has 1 heterocycles. The normalized spacial score (nSPS) is 17.9. The molecule has 1 fully saturated rings. The molecule has 1 saturated heterocycles. The standard InChI is InChI=1S/C15H18N2O3/c16-6-2-5-12-3-1-4-13(9-12)10-17-15(18)14-11-19-7-8-20-14/h1,3-4,9,14H,6-8,10-11,16H2,(H,17,18). The summed E-state index contributed by atoms with van der Waals surface area (Å²) in [5.41, 5.74) is 7.21. The van der Waals surface area contributed by atoms with Crippen LogP contribution in [0.15, 0.2) is 24.3 Å². The SMILES string of the molecule is NCC#Cc1cccc(CNC(=O)C2COCCO2)c1. The molecule has 0 saturated carbocycles. The summed E-state index contributed by atoms with van der Waals surface area (Å²) in [6.45, 7) is 2.10. The number of benzene rings is 1. The molecule has 1 aliphatic heterocycles. The minimum atomic E-state index is -0.510. The summed E-state index contributed by atoms with van der Waals surface area (Å²) in [4.78, 5) is 11.9. The van der Waals surface area contributed by atoms with Gasteiger partial charge in [-0.25, -0.2) is 0 Å². The number of nitrogens with two attached hydrogens (primary N) is 1. The summed E-state index contributed by atoms with van der Waals surface area (Å²) in [6, 6.07) is 7.68. The highest BCUT2D eigenvalue weighted by molar-refractivity contribution is 5.80. The molecule has 0 bridgehead atoms. The van der Waals surface area contributed by atoms with Gasteiger partial charge in [-0.3, -0.25) is 4.79 Å². The van der Waals surface area contributed by atoms with Gasteiger partial charge in [0.15, 0.2) is 6.10 Å². The molecular formula is C15H18N2O3. The third-order valence-corrected chi connectivity index (χ3v) is 2.84. The molecule has 1 unspecified atom stereocenters. The van der Waals surface area contributed by atoms with Crippen LogP contribution in [-0.2, 0) is 20.8 Å². The highest BCUT2D eigenvalue weighted by Gasteiger charge is 2.21. The Morgan fingerprint density at radius 1 is 1.45 bits per heavy atom. The highest BCUT2D eigenvalue weighted by atomic mass is 16.6. The lowest BCUT2D eigenvalue weighted by Crippen LogP contribution is -2.42. The third kappa shape index (κ3) is 4.35. The first-order chi connectivity index (χ1) is 9.79. The second-order valence-corrected chi connectivity index (χ2v) is 4.36. The largest absolute Gasteiger partial charge is 0.376 e. The lowest BCUT2D eigenvalue weighted by atomic mass is 10.1. The van der Waals surface area contributed by atoms with E-state index in [0.29, 0.717) is 32.9 Å². The Hall–Kier alpha value is -1.87. The van der Waals surface area contributed by atoms with Gasteiger partial charge < -0.3 is 20.5 Å². The van der Waals surface area contributed by atoms with Gasteiger partial charge in [-0.15, -0.1) is 0 Å². The van der Waals surface area contributed by atoms with Gasteiger partial charge in [0.25, 0.3) is 5.91 Å². The molecule has 106 valence electrons. The van der Waals surface area contributed by atoms with Crippen molar-refractivity contribution in [3.8, 4) is 11.8 Å². The van der Waals surface area contributed by atoms with Crippen LogP contribution in [-0.4, -0.2) is 38.4 Å². The maximum atomic E-state index is 11.9. The van der Waals surface area contributed by atoms with E-state index in [4.69, 9.17) is 15.2 Å². The fraction of sp³-hybridized carbons (Fsp3) is 0.400. The lowest BCUT2D eigenvalue weighted by Gasteiger charge is -2.22. The molecule has 0 radical (unpaired) electrons. The number of amides is 1. The molecule has 20 heavy (non-hydrogen) atoms. The summed E-state index contributed by atoms with van der Waals surface area (Å²) in [5, 5.41) is 2.84. The van der Waals surface area contributed by atoms with Crippen LogP contribution in [0.2, 0.25) is 0 Å². The van der Waals surface area contributed by atoms with E-state index in [9.17, 15) is 4.79 Å². The van der Waals surface area contributed by atoms with Gasteiger partial charge in [-0.1, -0.05) is 24.0 Å². The summed E-state index contributed by atoms with van der Waals surface area (Å²) in [6.07, 6.45) is -0.510. The van der Waals surface area contributed by atoms with Crippen LogP contribution >= 0.6 is 0 Å². The smallest absolute Gasteiger partial charge is 0.251 e. The molecule has 5 heteroatoms. The Morgan fingerprint density at radius 3 is 3.10 bits per heavy atom. The van der Waals surface area contributed by atoms with Crippen molar-refractivity contribution < 1.29 is 14.3 Å². The van der Waals surface area contributed by atoms with Crippen molar-refractivity contribution in [3.05, 3.63) is 35.4 Å². The van der Waals surface area contributed by atoms with E-state index < -0.39 is 6.10 Å². The molecule has 1 aromatic rings. The summed E-state index contributed by atoms with van der Waals surface area (Å²) in [7, 11) is 0. The predicted molar refractivity (Wildman–Crippen MR) is 74.8 cm³/mol. The summed E-state index contributed by atoms with van der Waals surface area (Å²) in [5.74, 6) is 5.62.